The van der Waals surface area contributed by atoms with E-state index in [1.807, 2.05) is 38.1 Å². The third kappa shape index (κ3) is 8.74. The van der Waals surface area contributed by atoms with Gasteiger partial charge in [0.2, 0.25) is 0 Å². The zero-order valence-electron chi connectivity index (χ0n) is 13.9. The Morgan fingerprint density at radius 2 is 1.96 bits per heavy atom. The van der Waals surface area contributed by atoms with Crippen LogP contribution in [0.1, 0.15) is 25.8 Å². The van der Waals surface area contributed by atoms with Gasteiger partial charge in [0.25, 0.3) is 5.24 Å². The number of ketones is 1. The van der Waals surface area contributed by atoms with Crippen molar-refractivity contribution in [1.82, 2.24) is 0 Å². The highest BCUT2D eigenvalue weighted by atomic mass is 32.1. The van der Waals surface area contributed by atoms with Gasteiger partial charge in [-0.05, 0) is 32.4 Å². The van der Waals surface area contributed by atoms with Crippen LogP contribution in [-0.4, -0.2) is 43.5 Å². The van der Waals surface area contributed by atoms with E-state index in [4.69, 9.17) is 9.47 Å². The van der Waals surface area contributed by atoms with Gasteiger partial charge in [-0.3, -0.25) is 9.59 Å². The van der Waals surface area contributed by atoms with Gasteiger partial charge in [0.1, 0.15) is 6.61 Å². The molecule has 0 aliphatic carbocycles. The Labute approximate surface area is 143 Å². The molecule has 5 nitrogen and oxygen atoms in total. The van der Waals surface area contributed by atoms with E-state index in [2.05, 4.69) is 12.6 Å². The molecule has 6 heteroatoms. The molecule has 0 aromatic heterocycles. The van der Waals surface area contributed by atoms with E-state index in [0.717, 1.165) is 18.7 Å². The molecule has 0 radical (unpaired) electrons. The van der Waals surface area contributed by atoms with Crippen molar-refractivity contribution in [3.05, 3.63) is 29.8 Å². The number of aryl methyl sites for hydroxylation is 1. The summed E-state index contributed by atoms with van der Waals surface area (Å²) in [6, 6.07) is 7.80. The second-order valence-corrected chi connectivity index (χ2v) is 5.82. The predicted molar refractivity (Wildman–Crippen MR) is 94.4 cm³/mol. The first kappa shape index (κ1) is 19.7. The van der Waals surface area contributed by atoms with Gasteiger partial charge in [-0.1, -0.05) is 37.2 Å². The van der Waals surface area contributed by atoms with E-state index >= 15 is 0 Å². The zero-order chi connectivity index (χ0) is 17.2. The number of benzene rings is 1. The Bertz CT molecular complexity index is 500. The Morgan fingerprint density at radius 3 is 2.39 bits per heavy atom. The molecule has 0 bridgehead atoms. The Balaban J connectivity index is 0.000000284. The fraction of sp³-hybridized carbons (Fsp3) is 0.529. The van der Waals surface area contributed by atoms with Crippen molar-refractivity contribution in [2.24, 2.45) is 0 Å². The highest BCUT2D eigenvalue weighted by Gasteiger charge is 2.27. The molecule has 23 heavy (non-hydrogen) atoms. The first-order valence-corrected chi connectivity index (χ1v) is 8.14. The van der Waals surface area contributed by atoms with Gasteiger partial charge in [-0.25, -0.2) is 0 Å². The third-order valence-corrected chi connectivity index (χ3v) is 3.26. The molecular formula is C17H25NO4S. The monoisotopic (exact) mass is 339 g/mol. The summed E-state index contributed by atoms with van der Waals surface area (Å²) in [6.07, 6.45) is 1.16. The Kier molecular flexibility index (Phi) is 8.91. The molecule has 1 heterocycles. The van der Waals surface area contributed by atoms with Crippen LogP contribution in [0.25, 0.3) is 0 Å². The smallest absolute Gasteiger partial charge is 0.283 e. The molecule has 0 spiro atoms. The van der Waals surface area contributed by atoms with Gasteiger partial charge in [0.05, 0.1) is 19.3 Å². The molecule has 1 saturated heterocycles. The first-order chi connectivity index (χ1) is 10.9. The van der Waals surface area contributed by atoms with E-state index in [1.165, 1.54) is 12.5 Å². The molecule has 2 rings (SSSR count). The lowest BCUT2D eigenvalue weighted by atomic mass is 10.2. The van der Waals surface area contributed by atoms with Crippen molar-refractivity contribution < 1.29 is 19.1 Å². The van der Waals surface area contributed by atoms with Gasteiger partial charge in [-0.15, -0.1) is 0 Å². The molecule has 1 fully saturated rings. The Hall–Kier alpha value is -1.37. The molecule has 1 amide bonds. The van der Waals surface area contributed by atoms with Crippen LogP contribution < -0.4 is 4.90 Å². The summed E-state index contributed by atoms with van der Waals surface area (Å²) in [5, 5.41) is -0.241. The number of thiol groups is 1. The van der Waals surface area contributed by atoms with Crippen molar-refractivity contribution in [2.75, 3.05) is 31.3 Å². The van der Waals surface area contributed by atoms with E-state index in [9.17, 15) is 9.59 Å². The number of Topliss-reactive ketones (excluding diaryl/α,β-unsaturated/α-hetero) is 1. The van der Waals surface area contributed by atoms with Crippen molar-refractivity contribution >= 4 is 29.3 Å². The van der Waals surface area contributed by atoms with Crippen molar-refractivity contribution in [1.29, 1.82) is 0 Å². The highest BCUT2D eigenvalue weighted by Crippen LogP contribution is 2.20. The van der Waals surface area contributed by atoms with Crippen LogP contribution in [0, 0.1) is 6.92 Å². The van der Waals surface area contributed by atoms with Crippen LogP contribution in [0.3, 0.4) is 0 Å². The van der Waals surface area contributed by atoms with Gasteiger partial charge in [0.15, 0.2) is 5.78 Å². The number of hydrogen-bond acceptors (Lipinski definition) is 4. The lowest BCUT2D eigenvalue weighted by Gasteiger charge is -2.19. The van der Waals surface area contributed by atoms with Crippen molar-refractivity contribution in [3.63, 3.8) is 0 Å². The average Bonchev–Trinajstić information content (AvgIpc) is 3.30. The number of hydrogen-bond donors (Lipinski definition) is 1. The topological polar surface area (TPSA) is 59.1 Å². The fourth-order valence-corrected chi connectivity index (χ4v) is 1.95. The fourth-order valence-electron chi connectivity index (χ4n) is 1.76. The first-order valence-electron chi connectivity index (χ1n) is 7.70. The number of epoxide rings is 1. The summed E-state index contributed by atoms with van der Waals surface area (Å²) in [6.45, 7) is 7.85. The molecule has 1 aliphatic heterocycles. The van der Waals surface area contributed by atoms with Crippen LogP contribution in [0.4, 0.5) is 10.5 Å². The summed E-state index contributed by atoms with van der Waals surface area (Å²) in [5.41, 5.74) is 2.05. The number of rotatable bonds is 7. The van der Waals surface area contributed by atoms with Crippen LogP contribution in [-0.2, 0) is 14.3 Å². The van der Waals surface area contributed by atoms with Gasteiger partial charge >= 0.3 is 0 Å². The van der Waals surface area contributed by atoms with E-state index in [-0.39, 0.29) is 23.7 Å². The number of amides is 1. The summed E-state index contributed by atoms with van der Waals surface area (Å²) in [7, 11) is 0. The summed E-state index contributed by atoms with van der Waals surface area (Å²) in [5.74, 6) is 0.0958. The van der Waals surface area contributed by atoms with E-state index in [0.29, 0.717) is 13.2 Å². The maximum atomic E-state index is 11.3. The normalized spacial score (nSPS) is 15.4. The summed E-state index contributed by atoms with van der Waals surface area (Å²) < 4.78 is 10.0. The van der Waals surface area contributed by atoms with Crippen LogP contribution in [0.2, 0.25) is 0 Å². The number of carbonyl (C=O) groups is 2. The standard InChI is InChI=1S/C11H13NO2S.C6H12O2/c1-8-2-4-9(5-3-8)12(11(13)15)6-10-7-14-10;1-3-4-8-5-6(2)7/h2-5,10H,6-7H2,1H3,(H,13,15);3-5H2,1-2H3. The third-order valence-electron chi connectivity index (χ3n) is 3.02. The molecule has 1 aliphatic rings. The van der Waals surface area contributed by atoms with E-state index < -0.39 is 0 Å². The molecule has 1 atom stereocenters. The Morgan fingerprint density at radius 1 is 1.35 bits per heavy atom. The zero-order valence-corrected chi connectivity index (χ0v) is 14.8. The second kappa shape index (κ2) is 10.4. The van der Waals surface area contributed by atoms with Gasteiger partial charge in [-0.2, -0.15) is 0 Å². The van der Waals surface area contributed by atoms with E-state index in [1.54, 1.807) is 4.90 Å². The van der Waals surface area contributed by atoms with Gasteiger partial charge < -0.3 is 14.4 Å². The molecule has 1 aromatic carbocycles. The maximum Gasteiger partial charge on any atom is 0.283 e. The van der Waals surface area contributed by atoms with Crippen LogP contribution >= 0.6 is 12.6 Å². The molecule has 0 N–H and O–H groups in total. The molecule has 128 valence electrons. The lowest BCUT2D eigenvalue weighted by Crippen LogP contribution is -2.30. The largest absolute Gasteiger partial charge is 0.374 e. The summed E-state index contributed by atoms with van der Waals surface area (Å²) >= 11 is 3.86. The van der Waals surface area contributed by atoms with Crippen molar-refractivity contribution in [3.8, 4) is 0 Å². The van der Waals surface area contributed by atoms with Gasteiger partial charge in [0, 0.05) is 12.3 Å². The average molecular weight is 339 g/mol. The number of carbonyl (C=O) groups excluding carboxylic acids is 2. The number of nitrogens with zero attached hydrogens (tertiary/aromatic N) is 1. The van der Waals surface area contributed by atoms with Crippen LogP contribution in [0.15, 0.2) is 24.3 Å². The highest BCUT2D eigenvalue weighted by molar-refractivity contribution is 7.96. The number of anilines is 1. The molecule has 1 aromatic rings. The molecule has 0 saturated carbocycles. The maximum absolute atomic E-state index is 11.3. The lowest BCUT2D eigenvalue weighted by molar-refractivity contribution is -0.121. The minimum Gasteiger partial charge on any atom is -0.374 e. The number of ether oxygens (including phenoxy) is 2. The van der Waals surface area contributed by atoms with Crippen LogP contribution in [0.5, 0.6) is 0 Å². The predicted octanol–water partition coefficient (Wildman–Crippen LogP) is 3.25. The quantitative estimate of drug-likeness (QED) is 0.471. The van der Waals surface area contributed by atoms with Crippen molar-refractivity contribution in [2.45, 2.75) is 33.3 Å². The summed E-state index contributed by atoms with van der Waals surface area (Å²) in [4.78, 5) is 23.1. The SMILES string of the molecule is CCCOCC(C)=O.Cc1ccc(N(CC2CO2)C(=O)S)cc1. The minimum absolute atomic E-state index is 0.0958. The molecular weight excluding hydrogens is 314 g/mol. The molecule has 1 unspecified atom stereocenters. The minimum atomic E-state index is -0.241. The second-order valence-electron chi connectivity index (χ2n) is 5.44.